The van der Waals surface area contributed by atoms with Crippen LogP contribution in [0.3, 0.4) is 0 Å². The Balaban J connectivity index is 2.00. The summed E-state index contributed by atoms with van der Waals surface area (Å²) in [6.45, 7) is 3.86. The minimum atomic E-state index is -0.574. The third kappa shape index (κ3) is 2.01. The molecule has 2 heterocycles. The quantitative estimate of drug-likeness (QED) is 0.722. The largest absolute Gasteiger partial charge is 0.508 e. The maximum Gasteiger partial charge on any atom is 0.288 e. The van der Waals surface area contributed by atoms with Gasteiger partial charge in [-0.05, 0) is 54.8 Å². The van der Waals surface area contributed by atoms with Crippen molar-refractivity contribution in [3.8, 4) is 5.75 Å². The highest BCUT2D eigenvalue weighted by molar-refractivity contribution is 5.99. The Hall–Kier alpha value is -3.08. The molecule has 1 amide bonds. The molecule has 24 heavy (non-hydrogen) atoms. The number of benzene rings is 2. The average molecular weight is 321 g/mol. The van der Waals surface area contributed by atoms with Gasteiger partial charge in [0, 0.05) is 0 Å². The van der Waals surface area contributed by atoms with E-state index in [1.54, 1.807) is 24.3 Å². The van der Waals surface area contributed by atoms with E-state index in [4.69, 9.17) is 4.42 Å². The van der Waals surface area contributed by atoms with Crippen molar-refractivity contribution in [1.82, 2.24) is 5.32 Å². The summed E-state index contributed by atoms with van der Waals surface area (Å²) in [6.07, 6.45) is 0. The molecule has 4 rings (SSSR count). The summed E-state index contributed by atoms with van der Waals surface area (Å²) in [4.78, 5) is 25.2. The summed E-state index contributed by atoms with van der Waals surface area (Å²) < 4.78 is 5.75. The van der Waals surface area contributed by atoms with Gasteiger partial charge in [-0.1, -0.05) is 12.1 Å². The zero-order valence-corrected chi connectivity index (χ0v) is 13.2. The van der Waals surface area contributed by atoms with E-state index in [1.807, 2.05) is 13.8 Å². The van der Waals surface area contributed by atoms with Gasteiger partial charge in [-0.2, -0.15) is 0 Å². The molecule has 0 aliphatic carbocycles. The topological polar surface area (TPSA) is 79.5 Å². The van der Waals surface area contributed by atoms with Crippen molar-refractivity contribution in [1.29, 1.82) is 0 Å². The monoisotopic (exact) mass is 321 g/mol. The maximum absolute atomic E-state index is 13.0. The molecule has 0 unspecified atom stereocenters. The number of phenolic OH excluding ortho intramolecular Hbond substituents is 1. The van der Waals surface area contributed by atoms with Crippen LogP contribution in [-0.2, 0) is 0 Å². The summed E-state index contributed by atoms with van der Waals surface area (Å²) in [6, 6.07) is 9.42. The molecule has 3 aromatic rings. The lowest BCUT2D eigenvalue weighted by atomic mass is 9.98. The summed E-state index contributed by atoms with van der Waals surface area (Å²) in [5, 5.41) is 12.7. The maximum atomic E-state index is 13.0. The van der Waals surface area contributed by atoms with Crippen LogP contribution in [0.5, 0.6) is 5.75 Å². The fourth-order valence-electron chi connectivity index (χ4n) is 3.08. The van der Waals surface area contributed by atoms with Gasteiger partial charge in [0.05, 0.1) is 17.0 Å². The van der Waals surface area contributed by atoms with Crippen molar-refractivity contribution in [2.45, 2.75) is 19.9 Å². The molecule has 120 valence electrons. The molecule has 5 nitrogen and oxygen atoms in total. The Labute approximate surface area is 137 Å². The second kappa shape index (κ2) is 4.96. The number of rotatable bonds is 1. The normalized spacial score (nSPS) is 16.2. The lowest BCUT2D eigenvalue weighted by Gasteiger charge is -2.12. The first-order valence-corrected chi connectivity index (χ1v) is 7.63. The van der Waals surface area contributed by atoms with Crippen molar-refractivity contribution in [2.24, 2.45) is 0 Å². The lowest BCUT2D eigenvalue weighted by Crippen LogP contribution is -2.21. The Morgan fingerprint density at radius 1 is 1.04 bits per heavy atom. The van der Waals surface area contributed by atoms with Crippen LogP contribution < -0.4 is 10.7 Å². The molecule has 1 atom stereocenters. The molecule has 2 aromatic carbocycles. The Bertz CT molecular complexity index is 1050. The average Bonchev–Trinajstić information content (AvgIpc) is 2.88. The molecule has 0 saturated carbocycles. The number of amides is 1. The first kappa shape index (κ1) is 14.5. The number of carbonyl (C=O) groups excluding carboxylic acids is 1. The SMILES string of the molecule is Cc1cc2oc3c(c(=O)c2cc1C)[C@H](c1ccc(O)cc1)NC3=O. The Morgan fingerprint density at radius 3 is 2.42 bits per heavy atom. The minimum Gasteiger partial charge on any atom is -0.508 e. The molecule has 2 N–H and O–H groups in total. The summed E-state index contributed by atoms with van der Waals surface area (Å²) in [5.41, 5.74) is 3.25. The van der Waals surface area contributed by atoms with E-state index < -0.39 is 11.9 Å². The fraction of sp³-hybridized carbons (Fsp3) is 0.158. The van der Waals surface area contributed by atoms with Gasteiger partial charge in [-0.15, -0.1) is 0 Å². The van der Waals surface area contributed by atoms with Crippen LogP contribution in [-0.4, -0.2) is 11.0 Å². The zero-order chi connectivity index (χ0) is 17.0. The summed E-state index contributed by atoms with van der Waals surface area (Å²) >= 11 is 0. The van der Waals surface area contributed by atoms with Gasteiger partial charge in [0.2, 0.25) is 5.76 Å². The highest BCUT2D eigenvalue weighted by Gasteiger charge is 2.35. The van der Waals surface area contributed by atoms with E-state index in [1.165, 1.54) is 12.1 Å². The molecule has 0 bridgehead atoms. The number of phenols is 1. The molecule has 5 heteroatoms. The molecule has 0 spiro atoms. The van der Waals surface area contributed by atoms with E-state index in [0.717, 1.165) is 16.7 Å². The van der Waals surface area contributed by atoms with Crippen LogP contribution in [0.4, 0.5) is 0 Å². The highest BCUT2D eigenvalue weighted by Crippen LogP contribution is 2.32. The van der Waals surface area contributed by atoms with Gasteiger partial charge in [0.25, 0.3) is 5.91 Å². The number of carbonyl (C=O) groups is 1. The van der Waals surface area contributed by atoms with E-state index in [2.05, 4.69) is 5.32 Å². The third-order valence-electron chi connectivity index (χ3n) is 4.54. The predicted octanol–water partition coefficient (Wildman–Crippen LogP) is 2.95. The second-order valence-electron chi connectivity index (χ2n) is 6.10. The van der Waals surface area contributed by atoms with Crippen molar-refractivity contribution >= 4 is 16.9 Å². The van der Waals surface area contributed by atoms with E-state index in [0.29, 0.717) is 16.5 Å². The van der Waals surface area contributed by atoms with Gasteiger partial charge in [-0.3, -0.25) is 9.59 Å². The van der Waals surface area contributed by atoms with Gasteiger partial charge in [0.1, 0.15) is 11.3 Å². The number of hydrogen-bond acceptors (Lipinski definition) is 4. The molecular formula is C19H15NO4. The van der Waals surface area contributed by atoms with E-state index in [-0.39, 0.29) is 16.9 Å². The first-order valence-electron chi connectivity index (χ1n) is 7.63. The standard InChI is InChI=1S/C19H15NO4/c1-9-7-13-14(8-10(9)2)24-18-15(17(13)22)16(20-19(18)23)11-3-5-12(21)6-4-11/h3-8,16,21H,1-2H3,(H,20,23)/t16-/m0/s1. The van der Waals surface area contributed by atoms with Crippen LogP contribution in [0.1, 0.15) is 38.9 Å². The van der Waals surface area contributed by atoms with Crippen molar-refractivity contribution in [2.75, 3.05) is 0 Å². The Morgan fingerprint density at radius 2 is 1.71 bits per heavy atom. The van der Waals surface area contributed by atoms with Crippen molar-refractivity contribution in [3.05, 3.63) is 74.6 Å². The van der Waals surface area contributed by atoms with Gasteiger partial charge in [-0.25, -0.2) is 0 Å². The fourth-order valence-corrected chi connectivity index (χ4v) is 3.08. The molecular weight excluding hydrogens is 306 g/mol. The number of hydrogen-bond donors (Lipinski definition) is 2. The van der Waals surface area contributed by atoms with Crippen LogP contribution in [0.15, 0.2) is 45.6 Å². The highest BCUT2D eigenvalue weighted by atomic mass is 16.3. The van der Waals surface area contributed by atoms with Crippen molar-refractivity contribution < 1.29 is 14.3 Å². The van der Waals surface area contributed by atoms with Gasteiger partial charge in [0.15, 0.2) is 5.43 Å². The zero-order valence-electron chi connectivity index (χ0n) is 13.2. The predicted molar refractivity (Wildman–Crippen MR) is 89.4 cm³/mol. The van der Waals surface area contributed by atoms with E-state index >= 15 is 0 Å². The molecule has 0 fully saturated rings. The molecule has 1 aliphatic rings. The molecule has 1 aromatic heterocycles. The van der Waals surface area contributed by atoms with Crippen LogP contribution in [0.2, 0.25) is 0 Å². The van der Waals surface area contributed by atoms with E-state index in [9.17, 15) is 14.7 Å². The molecule has 1 aliphatic heterocycles. The summed E-state index contributed by atoms with van der Waals surface area (Å²) in [5.74, 6) is -0.214. The van der Waals surface area contributed by atoms with Crippen LogP contribution in [0.25, 0.3) is 11.0 Å². The smallest absolute Gasteiger partial charge is 0.288 e. The number of nitrogens with one attached hydrogen (secondary N) is 1. The molecule has 0 radical (unpaired) electrons. The first-order chi connectivity index (χ1) is 11.5. The Kier molecular flexibility index (Phi) is 3.00. The number of fused-ring (bicyclic) bond motifs is 2. The van der Waals surface area contributed by atoms with Crippen molar-refractivity contribution in [3.63, 3.8) is 0 Å². The van der Waals surface area contributed by atoms with Crippen LogP contribution >= 0.6 is 0 Å². The third-order valence-corrected chi connectivity index (χ3v) is 4.54. The van der Waals surface area contributed by atoms with Gasteiger partial charge < -0.3 is 14.8 Å². The number of aryl methyl sites for hydroxylation is 2. The van der Waals surface area contributed by atoms with Gasteiger partial charge >= 0.3 is 0 Å². The second-order valence-corrected chi connectivity index (χ2v) is 6.10. The molecule has 0 saturated heterocycles. The number of aromatic hydroxyl groups is 1. The van der Waals surface area contributed by atoms with Crippen LogP contribution in [0, 0.1) is 13.8 Å². The summed E-state index contributed by atoms with van der Waals surface area (Å²) in [7, 11) is 0. The lowest BCUT2D eigenvalue weighted by molar-refractivity contribution is 0.0938. The minimum absolute atomic E-state index is 0.0637.